The third-order valence-corrected chi connectivity index (χ3v) is 4.82. The number of carbonyl (C=O) groups excluding carboxylic acids is 1. The molecule has 0 heterocycles. The predicted molar refractivity (Wildman–Crippen MR) is 113 cm³/mol. The monoisotopic (exact) mass is 488 g/mol. The zero-order valence-corrected chi connectivity index (χ0v) is 17.4. The summed E-state index contributed by atoms with van der Waals surface area (Å²) >= 11 is 8.52. The molecule has 0 aliphatic carbocycles. The van der Waals surface area contributed by atoms with Crippen LogP contribution in [0.25, 0.3) is 0 Å². The van der Waals surface area contributed by atoms with Crippen LogP contribution >= 0.6 is 46.6 Å². The van der Waals surface area contributed by atoms with Crippen molar-refractivity contribution in [3.63, 3.8) is 0 Å². The SMILES string of the molecule is CSC(=S)NNC(=O)C(C)Oc1ccc(Oc2ccc(I)cc2)cc1. The lowest BCUT2D eigenvalue weighted by Crippen LogP contribution is -2.45. The summed E-state index contributed by atoms with van der Waals surface area (Å²) in [5, 5.41) is 0. The van der Waals surface area contributed by atoms with E-state index in [9.17, 15) is 4.79 Å². The van der Waals surface area contributed by atoms with Gasteiger partial charge in [-0.3, -0.25) is 15.6 Å². The Morgan fingerprint density at radius 2 is 1.56 bits per heavy atom. The molecule has 0 saturated heterocycles. The molecule has 0 aliphatic heterocycles. The van der Waals surface area contributed by atoms with Crippen LogP contribution in [0.3, 0.4) is 0 Å². The number of hydrogen-bond donors (Lipinski definition) is 2. The van der Waals surface area contributed by atoms with Crippen LogP contribution < -0.4 is 20.3 Å². The van der Waals surface area contributed by atoms with Crippen molar-refractivity contribution in [2.45, 2.75) is 13.0 Å². The van der Waals surface area contributed by atoms with E-state index < -0.39 is 6.10 Å². The van der Waals surface area contributed by atoms with Crippen molar-refractivity contribution >= 4 is 56.8 Å². The number of benzene rings is 2. The Hall–Kier alpha value is -1.52. The summed E-state index contributed by atoms with van der Waals surface area (Å²) in [5.74, 6) is 1.72. The second-order valence-corrected chi connectivity index (χ2v) is 7.62. The van der Waals surface area contributed by atoms with Gasteiger partial charge in [0, 0.05) is 3.57 Å². The molecule has 2 N–H and O–H groups in total. The molecule has 0 aliphatic rings. The van der Waals surface area contributed by atoms with Crippen LogP contribution in [0, 0.1) is 3.57 Å². The van der Waals surface area contributed by atoms with Crippen molar-refractivity contribution in [2.24, 2.45) is 0 Å². The van der Waals surface area contributed by atoms with E-state index in [4.69, 9.17) is 21.7 Å². The number of hydrazine groups is 1. The number of halogens is 1. The van der Waals surface area contributed by atoms with Gasteiger partial charge in [0.25, 0.3) is 5.91 Å². The molecule has 1 amide bonds. The number of ether oxygens (including phenoxy) is 2. The van der Waals surface area contributed by atoms with E-state index in [1.165, 1.54) is 11.8 Å². The summed E-state index contributed by atoms with van der Waals surface area (Å²) in [4.78, 5) is 11.9. The molecule has 2 aromatic rings. The molecule has 0 fully saturated rings. The highest BCUT2D eigenvalue weighted by molar-refractivity contribution is 14.1. The van der Waals surface area contributed by atoms with Crippen molar-refractivity contribution in [3.8, 4) is 17.2 Å². The van der Waals surface area contributed by atoms with Gasteiger partial charge in [-0.2, -0.15) is 0 Å². The van der Waals surface area contributed by atoms with Gasteiger partial charge >= 0.3 is 0 Å². The van der Waals surface area contributed by atoms with Crippen LogP contribution in [0.15, 0.2) is 48.5 Å². The third-order valence-electron chi connectivity index (χ3n) is 3.03. The first-order valence-electron chi connectivity index (χ1n) is 7.32. The molecule has 2 aromatic carbocycles. The maximum atomic E-state index is 11.9. The highest BCUT2D eigenvalue weighted by Crippen LogP contribution is 2.24. The fourth-order valence-electron chi connectivity index (χ4n) is 1.75. The van der Waals surface area contributed by atoms with Crippen molar-refractivity contribution in [1.82, 2.24) is 10.9 Å². The molecule has 0 bridgehead atoms. The first-order valence-corrected chi connectivity index (χ1v) is 10.0. The van der Waals surface area contributed by atoms with Crippen molar-refractivity contribution in [2.75, 3.05) is 6.26 Å². The summed E-state index contributed by atoms with van der Waals surface area (Å²) in [7, 11) is 0. The average molecular weight is 488 g/mol. The Morgan fingerprint density at radius 3 is 2.12 bits per heavy atom. The van der Waals surface area contributed by atoms with Gasteiger partial charge in [-0.1, -0.05) is 24.0 Å². The Bertz CT molecular complexity index is 724. The lowest BCUT2D eigenvalue weighted by molar-refractivity contribution is -0.127. The largest absolute Gasteiger partial charge is 0.481 e. The van der Waals surface area contributed by atoms with Crippen molar-refractivity contribution in [3.05, 3.63) is 52.1 Å². The van der Waals surface area contributed by atoms with E-state index >= 15 is 0 Å². The topological polar surface area (TPSA) is 59.6 Å². The van der Waals surface area contributed by atoms with Crippen molar-refractivity contribution < 1.29 is 14.3 Å². The molecule has 0 spiro atoms. The predicted octanol–water partition coefficient (Wildman–Crippen LogP) is 4.12. The molecule has 2 rings (SSSR count). The molecule has 0 radical (unpaired) electrons. The van der Waals surface area contributed by atoms with Gasteiger partial charge in [-0.05, 0) is 84.3 Å². The van der Waals surface area contributed by atoms with Crippen LogP contribution in [0.1, 0.15) is 6.92 Å². The van der Waals surface area contributed by atoms with Gasteiger partial charge in [0.1, 0.15) is 17.2 Å². The van der Waals surface area contributed by atoms with E-state index in [0.29, 0.717) is 15.8 Å². The number of rotatable bonds is 5. The van der Waals surface area contributed by atoms with Crippen LogP contribution in [0.4, 0.5) is 0 Å². The molecule has 132 valence electrons. The van der Waals surface area contributed by atoms with E-state index in [1.807, 2.05) is 30.5 Å². The summed E-state index contributed by atoms with van der Waals surface area (Å²) in [6.07, 6.45) is 1.15. The third kappa shape index (κ3) is 6.71. The molecule has 0 saturated carbocycles. The number of thiocarbonyl (C=S) groups is 1. The Kier molecular flexibility index (Phi) is 7.79. The van der Waals surface area contributed by atoms with E-state index in [0.717, 1.165) is 9.32 Å². The van der Waals surface area contributed by atoms with Crippen LogP contribution in [-0.4, -0.2) is 22.6 Å². The van der Waals surface area contributed by atoms with Gasteiger partial charge in [0.15, 0.2) is 10.4 Å². The first kappa shape index (κ1) is 19.8. The standard InChI is InChI=1S/C17H17IN2O3S2/c1-11(16(21)19-20-17(24)25-2)22-13-7-9-15(10-8-13)23-14-5-3-12(18)4-6-14/h3-11H,1-2H3,(H,19,21)(H,20,24). The maximum Gasteiger partial charge on any atom is 0.279 e. The maximum absolute atomic E-state index is 11.9. The average Bonchev–Trinajstić information content (AvgIpc) is 2.62. The number of hydrogen-bond acceptors (Lipinski definition) is 5. The zero-order chi connectivity index (χ0) is 18.2. The van der Waals surface area contributed by atoms with E-state index in [-0.39, 0.29) is 5.91 Å². The molecular weight excluding hydrogens is 471 g/mol. The Morgan fingerprint density at radius 1 is 1.04 bits per heavy atom. The quantitative estimate of drug-likeness (QED) is 0.375. The van der Waals surface area contributed by atoms with Gasteiger partial charge < -0.3 is 9.47 Å². The molecular formula is C17H17IN2O3S2. The second-order valence-electron chi connectivity index (χ2n) is 4.89. The lowest BCUT2D eigenvalue weighted by atomic mass is 10.3. The van der Waals surface area contributed by atoms with Crippen LogP contribution in [-0.2, 0) is 4.79 Å². The Labute approximate surface area is 170 Å². The van der Waals surface area contributed by atoms with Gasteiger partial charge in [0.05, 0.1) is 0 Å². The summed E-state index contributed by atoms with van der Waals surface area (Å²) < 4.78 is 13.0. The van der Waals surface area contributed by atoms with Gasteiger partial charge in [-0.25, -0.2) is 0 Å². The minimum atomic E-state index is -0.667. The highest BCUT2D eigenvalue weighted by atomic mass is 127. The lowest BCUT2D eigenvalue weighted by Gasteiger charge is -2.15. The fraction of sp³-hybridized carbons (Fsp3) is 0.176. The molecule has 5 nitrogen and oxygen atoms in total. The van der Waals surface area contributed by atoms with Crippen LogP contribution in [0.2, 0.25) is 0 Å². The first-order chi connectivity index (χ1) is 12.0. The second kappa shape index (κ2) is 9.83. The summed E-state index contributed by atoms with van der Waals surface area (Å²) in [6, 6.07) is 14.9. The molecule has 1 unspecified atom stereocenters. The minimum Gasteiger partial charge on any atom is -0.481 e. The molecule has 25 heavy (non-hydrogen) atoms. The summed E-state index contributed by atoms with van der Waals surface area (Å²) in [6.45, 7) is 1.66. The number of nitrogens with one attached hydrogen (secondary N) is 2. The smallest absolute Gasteiger partial charge is 0.279 e. The number of carbonyl (C=O) groups is 1. The molecule has 0 aromatic heterocycles. The van der Waals surface area contributed by atoms with Gasteiger partial charge in [0.2, 0.25) is 0 Å². The fourth-order valence-corrected chi connectivity index (χ4v) is 2.31. The summed E-state index contributed by atoms with van der Waals surface area (Å²) in [5.41, 5.74) is 5.13. The number of thioether (sulfide) groups is 1. The van der Waals surface area contributed by atoms with Crippen LogP contribution in [0.5, 0.6) is 17.2 Å². The minimum absolute atomic E-state index is 0.310. The van der Waals surface area contributed by atoms with Gasteiger partial charge in [-0.15, -0.1) is 0 Å². The Balaban J connectivity index is 1.87. The van der Waals surface area contributed by atoms with Crippen molar-refractivity contribution in [1.29, 1.82) is 0 Å². The highest BCUT2D eigenvalue weighted by Gasteiger charge is 2.14. The number of amides is 1. The molecule has 8 heteroatoms. The molecule has 1 atom stereocenters. The van der Waals surface area contributed by atoms with E-state index in [1.54, 1.807) is 31.2 Å². The van der Waals surface area contributed by atoms with E-state index in [2.05, 4.69) is 33.4 Å². The zero-order valence-electron chi connectivity index (χ0n) is 13.6. The normalized spacial score (nSPS) is 11.3.